The summed E-state index contributed by atoms with van der Waals surface area (Å²) in [4.78, 5) is 26.1. The number of hydrogen-bond donors (Lipinski definition) is 2. The highest BCUT2D eigenvalue weighted by Gasteiger charge is 2.40. The molecule has 110 valence electrons. The van der Waals surface area contributed by atoms with Crippen molar-refractivity contribution in [1.82, 2.24) is 4.90 Å². The van der Waals surface area contributed by atoms with Crippen molar-refractivity contribution in [1.29, 1.82) is 5.41 Å². The van der Waals surface area contributed by atoms with E-state index in [1.165, 1.54) is 0 Å². The van der Waals surface area contributed by atoms with Crippen molar-refractivity contribution in [2.24, 2.45) is 5.73 Å². The first-order valence-corrected chi connectivity index (χ1v) is 6.94. The predicted molar refractivity (Wildman–Crippen MR) is 82.8 cm³/mol. The summed E-state index contributed by atoms with van der Waals surface area (Å²) in [5.41, 5.74) is 7.31. The van der Waals surface area contributed by atoms with Crippen LogP contribution in [0.2, 0.25) is 0 Å². The third kappa shape index (κ3) is 2.26. The van der Waals surface area contributed by atoms with Gasteiger partial charge in [-0.15, -0.1) is 0 Å². The smallest absolute Gasteiger partial charge is 0.262 e. The van der Waals surface area contributed by atoms with E-state index in [-0.39, 0.29) is 5.84 Å². The van der Waals surface area contributed by atoms with Crippen LogP contribution in [0.5, 0.6) is 0 Å². The highest BCUT2D eigenvalue weighted by Crippen LogP contribution is 2.25. The van der Waals surface area contributed by atoms with Gasteiger partial charge < -0.3 is 5.73 Å². The van der Waals surface area contributed by atoms with Crippen molar-refractivity contribution in [3.8, 4) is 0 Å². The Bertz CT molecular complexity index is 721. The minimum atomic E-state index is -0.769. The number of amidine groups is 1. The molecule has 0 saturated heterocycles. The van der Waals surface area contributed by atoms with Crippen molar-refractivity contribution >= 4 is 17.6 Å². The molecule has 1 aliphatic heterocycles. The van der Waals surface area contributed by atoms with E-state index in [4.69, 9.17) is 11.1 Å². The SMILES string of the molecule is N=C(N)[C@H](Cc1ccccc1)N1C(=O)c2ccccc2C1=O. The zero-order valence-electron chi connectivity index (χ0n) is 11.8. The van der Waals surface area contributed by atoms with E-state index < -0.39 is 17.9 Å². The summed E-state index contributed by atoms with van der Waals surface area (Å²) in [7, 11) is 0. The van der Waals surface area contributed by atoms with Crippen LogP contribution in [0.4, 0.5) is 0 Å². The van der Waals surface area contributed by atoms with Crippen LogP contribution in [0, 0.1) is 5.41 Å². The quantitative estimate of drug-likeness (QED) is 0.512. The molecular weight excluding hydrogens is 278 g/mol. The van der Waals surface area contributed by atoms with Gasteiger partial charge >= 0.3 is 0 Å². The monoisotopic (exact) mass is 293 g/mol. The normalized spacial score (nSPS) is 14.8. The second-order valence-corrected chi connectivity index (χ2v) is 5.19. The average molecular weight is 293 g/mol. The topological polar surface area (TPSA) is 87.2 Å². The maximum atomic E-state index is 12.5. The fourth-order valence-electron chi connectivity index (χ4n) is 2.67. The molecule has 22 heavy (non-hydrogen) atoms. The van der Waals surface area contributed by atoms with Gasteiger partial charge in [-0.1, -0.05) is 42.5 Å². The maximum Gasteiger partial charge on any atom is 0.262 e. The Morgan fingerprint density at radius 3 is 1.95 bits per heavy atom. The lowest BCUT2D eigenvalue weighted by Crippen LogP contribution is -2.48. The Labute approximate surface area is 127 Å². The predicted octanol–water partition coefficient (Wildman–Crippen LogP) is 1.83. The van der Waals surface area contributed by atoms with Crippen LogP contribution in [0.15, 0.2) is 54.6 Å². The number of nitrogens with two attached hydrogens (primary N) is 1. The molecule has 0 saturated carbocycles. The second-order valence-electron chi connectivity index (χ2n) is 5.19. The third-order valence-electron chi connectivity index (χ3n) is 3.77. The summed E-state index contributed by atoms with van der Waals surface area (Å²) in [6, 6.07) is 15.3. The van der Waals surface area contributed by atoms with Crippen LogP contribution in [0.1, 0.15) is 26.3 Å². The van der Waals surface area contributed by atoms with Gasteiger partial charge in [0, 0.05) is 6.42 Å². The molecule has 0 spiro atoms. The van der Waals surface area contributed by atoms with Gasteiger partial charge in [-0.05, 0) is 17.7 Å². The van der Waals surface area contributed by atoms with Gasteiger partial charge in [0.25, 0.3) is 11.8 Å². The van der Waals surface area contributed by atoms with E-state index in [0.29, 0.717) is 17.5 Å². The number of nitrogens with one attached hydrogen (secondary N) is 1. The molecule has 0 bridgehead atoms. The van der Waals surface area contributed by atoms with E-state index in [2.05, 4.69) is 0 Å². The van der Waals surface area contributed by atoms with Crippen molar-refractivity contribution in [2.75, 3.05) is 0 Å². The first-order chi connectivity index (χ1) is 10.6. The fourth-order valence-corrected chi connectivity index (χ4v) is 2.67. The molecule has 3 rings (SSSR count). The Morgan fingerprint density at radius 1 is 0.955 bits per heavy atom. The molecule has 2 aromatic carbocycles. The molecule has 1 atom stereocenters. The van der Waals surface area contributed by atoms with Crippen molar-refractivity contribution in [3.63, 3.8) is 0 Å². The van der Waals surface area contributed by atoms with Gasteiger partial charge in [-0.3, -0.25) is 19.9 Å². The largest absolute Gasteiger partial charge is 0.386 e. The summed E-state index contributed by atoms with van der Waals surface area (Å²) >= 11 is 0. The molecule has 2 aromatic rings. The number of rotatable bonds is 4. The third-order valence-corrected chi connectivity index (χ3v) is 3.77. The number of carbonyl (C=O) groups excluding carboxylic acids is 2. The van der Waals surface area contributed by atoms with E-state index in [1.54, 1.807) is 24.3 Å². The number of hydrogen-bond acceptors (Lipinski definition) is 3. The first kappa shape index (κ1) is 14.0. The van der Waals surface area contributed by atoms with E-state index in [0.717, 1.165) is 10.5 Å². The number of nitrogens with zero attached hydrogens (tertiary/aromatic N) is 1. The molecule has 0 radical (unpaired) electrons. The molecule has 0 unspecified atom stereocenters. The summed E-state index contributed by atoms with van der Waals surface area (Å²) in [6.07, 6.45) is 0.335. The maximum absolute atomic E-state index is 12.5. The molecule has 0 aromatic heterocycles. The minimum Gasteiger partial charge on any atom is -0.386 e. The number of benzene rings is 2. The summed E-state index contributed by atoms with van der Waals surface area (Å²) in [5, 5.41) is 7.78. The molecular formula is C17H15N3O2. The Hall–Kier alpha value is -2.95. The van der Waals surface area contributed by atoms with Gasteiger partial charge in [0.05, 0.1) is 11.1 Å². The van der Waals surface area contributed by atoms with Crippen LogP contribution < -0.4 is 5.73 Å². The molecule has 0 aliphatic carbocycles. The molecule has 5 heteroatoms. The molecule has 1 aliphatic rings. The lowest BCUT2D eigenvalue weighted by Gasteiger charge is -2.25. The molecule has 1 heterocycles. The van der Waals surface area contributed by atoms with Gasteiger partial charge in [0.1, 0.15) is 11.9 Å². The van der Waals surface area contributed by atoms with Gasteiger partial charge in [0.15, 0.2) is 0 Å². The Balaban J connectivity index is 1.95. The van der Waals surface area contributed by atoms with Crippen molar-refractivity contribution < 1.29 is 9.59 Å². The van der Waals surface area contributed by atoms with Crippen molar-refractivity contribution in [3.05, 3.63) is 71.3 Å². The molecule has 2 amide bonds. The lowest BCUT2D eigenvalue weighted by atomic mass is 10.0. The highest BCUT2D eigenvalue weighted by molar-refractivity contribution is 6.22. The minimum absolute atomic E-state index is 0.196. The Kier molecular flexibility index (Phi) is 3.47. The number of carbonyl (C=O) groups is 2. The summed E-state index contributed by atoms with van der Waals surface area (Å²) in [6.45, 7) is 0. The van der Waals surface area contributed by atoms with Gasteiger partial charge in [-0.25, -0.2) is 0 Å². The van der Waals surface area contributed by atoms with Crippen molar-refractivity contribution in [2.45, 2.75) is 12.5 Å². The van der Waals surface area contributed by atoms with Crippen LogP contribution in [-0.2, 0) is 6.42 Å². The van der Waals surface area contributed by atoms with Crippen LogP contribution in [-0.4, -0.2) is 28.6 Å². The standard InChI is InChI=1S/C17H15N3O2/c18-15(19)14(10-11-6-2-1-3-7-11)20-16(21)12-8-4-5-9-13(12)17(20)22/h1-9,14H,10H2,(H3,18,19)/t14-/m0/s1. The fraction of sp³-hybridized carbons (Fsp3) is 0.118. The van der Waals surface area contributed by atoms with Crippen LogP contribution in [0.25, 0.3) is 0 Å². The first-order valence-electron chi connectivity index (χ1n) is 6.94. The van der Waals surface area contributed by atoms with Gasteiger partial charge in [0.2, 0.25) is 0 Å². The lowest BCUT2D eigenvalue weighted by molar-refractivity contribution is 0.0624. The second kappa shape index (κ2) is 5.44. The zero-order valence-corrected chi connectivity index (χ0v) is 11.8. The molecule has 0 fully saturated rings. The summed E-state index contributed by atoms with van der Waals surface area (Å²) in [5.74, 6) is -0.980. The number of fused-ring (bicyclic) bond motifs is 1. The van der Waals surface area contributed by atoms with Crippen LogP contribution in [0.3, 0.4) is 0 Å². The molecule has 5 nitrogen and oxygen atoms in total. The van der Waals surface area contributed by atoms with E-state index >= 15 is 0 Å². The average Bonchev–Trinajstić information content (AvgIpc) is 2.78. The number of imide groups is 1. The van der Waals surface area contributed by atoms with E-state index in [9.17, 15) is 9.59 Å². The van der Waals surface area contributed by atoms with E-state index in [1.807, 2.05) is 30.3 Å². The Morgan fingerprint density at radius 2 is 1.45 bits per heavy atom. The van der Waals surface area contributed by atoms with Gasteiger partial charge in [-0.2, -0.15) is 0 Å². The highest BCUT2D eigenvalue weighted by atomic mass is 16.2. The van der Waals surface area contributed by atoms with Crippen LogP contribution >= 0.6 is 0 Å². The number of amides is 2. The zero-order chi connectivity index (χ0) is 15.7. The molecule has 3 N–H and O–H groups in total. The summed E-state index contributed by atoms with van der Waals surface area (Å²) < 4.78 is 0.